The number of likely N-dealkylation sites (tertiary alicyclic amines) is 1. The van der Waals surface area contributed by atoms with Crippen LogP contribution in [0.1, 0.15) is 48.5 Å². The average molecular weight is 464 g/mol. The van der Waals surface area contributed by atoms with Gasteiger partial charge in [-0.05, 0) is 61.6 Å². The third-order valence-corrected chi connectivity index (χ3v) is 6.79. The molecule has 180 valence electrons. The summed E-state index contributed by atoms with van der Waals surface area (Å²) in [7, 11) is 1.77. The van der Waals surface area contributed by atoms with Gasteiger partial charge in [0, 0.05) is 57.3 Å². The van der Waals surface area contributed by atoms with Crippen LogP contribution in [0.15, 0.2) is 48.5 Å². The molecule has 0 atom stereocenters. The van der Waals surface area contributed by atoms with Gasteiger partial charge < -0.3 is 19.4 Å². The molecule has 34 heavy (non-hydrogen) atoms. The van der Waals surface area contributed by atoms with E-state index in [0.29, 0.717) is 44.0 Å². The number of hydrogen-bond acceptors (Lipinski definition) is 4. The van der Waals surface area contributed by atoms with Gasteiger partial charge in [0.2, 0.25) is 11.8 Å². The fourth-order valence-corrected chi connectivity index (χ4v) is 4.71. The summed E-state index contributed by atoms with van der Waals surface area (Å²) in [6.07, 6.45) is 3.66. The third-order valence-electron chi connectivity index (χ3n) is 6.79. The Bertz CT molecular complexity index is 1030. The van der Waals surface area contributed by atoms with E-state index in [4.69, 9.17) is 4.74 Å². The van der Waals surface area contributed by atoms with E-state index >= 15 is 0 Å². The molecule has 0 radical (unpaired) electrons. The van der Waals surface area contributed by atoms with Gasteiger partial charge in [0.25, 0.3) is 5.91 Å². The second-order valence-electron chi connectivity index (χ2n) is 9.08. The number of para-hydroxylation sites is 1. The smallest absolute Gasteiger partial charge is 0.253 e. The van der Waals surface area contributed by atoms with E-state index < -0.39 is 0 Å². The summed E-state index contributed by atoms with van der Waals surface area (Å²) < 4.78 is 5.74. The van der Waals surface area contributed by atoms with Crippen molar-refractivity contribution < 1.29 is 19.1 Å². The lowest BCUT2D eigenvalue weighted by atomic mass is 9.95. The lowest BCUT2D eigenvalue weighted by Gasteiger charge is -2.41. The van der Waals surface area contributed by atoms with Crippen LogP contribution in [0.2, 0.25) is 0 Å². The third kappa shape index (κ3) is 5.41. The second kappa shape index (κ2) is 10.7. The number of carbonyl (C=O) groups excluding carboxylic acids is 3. The van der Waals surface area contributed by atoms with Crippen LogP contribution in [0.5, 0.6) is 5.75 Å². The van der Waals surface area contributed by atoms with Crippen molar-refractivity contribution >= 4 is 23.4 Å². The molecule has 0 aromatic heterocycles. The summed E-state index contributed by atoms with van der Waals surface area (Å²) >= 11 is 0. The van der Waals surface area contributed by atoms with Gasteiger partial charge in [0.1, 0.15) is 5.75 Å². The number of piperidine rings is 1. The molecular formula is C27H33N3O4. The maximum atomic E-state index is 13.0. The number of nitrogens with zero attached hydrogens (tertiary/aromatic N) is 3. The molecule has 1 fully saturated rings. The van der Waals surface area contributed by atoms with Gasteiger partial charge in [0.15, 0.2) is 0 Å². The van der Waals surface area contributed by atoms with Crippen molar-refractivity contribution in [2.45, 2.75) is 45.1 Å². The predicted octanol–water partition coefficient (Wildman–Crippen LogP) is 3.52. The van der Waals surface area contributed by atoms with Crippen molar-refractivity contribution in [1.29, 1.82) is 0 Å². The highest BCUT2D eigenvalue weighted by molar-refractivity contribution is 5.97. The van der Waals surface area contributed by atoms with Gasteiger partial charge in [0.05, 0.1) is 6.61 Å². The molecule has 0 spiro atoms. The second-order valence-corrected chi connectivity index (χ2v) is 9.08. The topological polar surface area (TPSA) is 70.2 Å². The van der Waals surface area contributed by atoms with Crippen LogP contribution in [-0.4, -0.2) is 66.9 Å². The molecule has 2 heterocycles. The van der Waals surface area contributed by atoms with Crippen molar-refractivity contribution in [2.24, 2.45) is 0 Å². The molecule has 3 amide bonds. The Kier molecular flexibility index (Phi) is 7.50. The molecule has 0 saturated carbocycles. The van der Waals surface area contributed by atoms with E-state index in [9.17, 15) is 14.4 Å². The molecule has 2 aromatic rings. The standard InChI is InChI=1S/C27H33N3O4/c1-20(31)28(2)16-5-19-34-24-11-8-22(9-12-24)27(33)29-17-14-23(15-18-29)30-25-7-4-3-6-21(25)10-13-26(30)32/h3-4,6-9,11-12,23H,5,10,13-19H2,1-2H3. The zero-order valence-electron chi connectivity index (χ0n) is 20.0. The number of ether oxygens (including phenoxy) is 1. The summed E-state index contributed by atoms with van der Waals surface area (Å²) in [5, 5.41) is 0. The number of carbonyl (C=O) groups is 3. The zero-order chi connectivity index (χ0) is 24.1. The Morgan fingerprint density at radius 1 is 1.03 bits per heavy atom. The van der Waals surface area contributed by atoms with E-state index in [1.165, 1.54) is 5.56 Å². The number of rotatable bonds is 7. The van der Waals surface area contributed by atoms with E-state index in [1.54, 1.807) is 31.0 Å². The maximum absolute atomic E-state index is 13.0. The molecule has 2 aliphatic heterocycles. The molecule has 7 nitrogen and oxygen atoms in total. The maximum Gasteiger partial charge on any atom is 0.253 e. The van der Waals surface area contributed by atoms with Crippen LogP contribution in [0.3, 0.4) is 0 Å². The largest absolute Gasteiger partial charge is 0.494 e. The lowest BCUT2D eigenvalue weighted by Crippen LogP contribution is -2.50. The Balaban J connectivity index is 1.28. The first-order chi connectivity index (χ1) is 16.4. The summed E-state index contributed by atoms with van der Waals surface area (Å²) in [4.78, 5) is 42.5. The first-order valence-electron chi connectivity index (χ1n) is 12.1. The van der Waals surface area contributed by atoms with Crippen LogP contribution in [0, 0.1) is 0 Å². The molecule has 2 aromatic carbocycles. The van der Waals surface area contributed by atoms with Crippen molar-refractivity contribution in [3.8, 4) is 5.75 Å². The van der Waals surface area contributed by atoms with Crippen molar-refractivity contribution in [2.75, 3.05) is 38.2 Å². The molecule has 0 aliphatic carbocycles. The van der Waals surface area contributed by atoms with E-state index in [0.717, 1.165) is 31.4 Å². The van der Waals surface area contributed by atoms with E-state index in [1.807, 2.05) is 40.1 Å². The van der Waals surface area contributed by atoms with Crippen LogP contribution >= 0.6 is 0 Å². The number of amides is 3. The molecule has 7 heteroatoms. The van der Waals surface area contributed by atoms with Gasteiger partial charge in [-0.25, -0.2) is 0 Å². The zero-order valence-corrected chi connectivity index (χ0v) is 20.0. The molecule has 2 aliphatic rings. The number of anilines is 1. The highest BCUT2D eigenvalue weighted by Gasteiger charge is 2.33. The fraction of sp³-hybridized carbons (Fsp3) is 0.444. The molecule has 0 unspecified atom stereocenters. The number of aryl methyl sites for hydroxylation is 1. The molecule has 0 bridgehead atoms. The highest BCUT2D eigenvalue weighted by atomic mass is 16.5. The minimum atomic E-state index is 0.0125. The molecular weight excluding hydrogens is 430 g/mol. The van der Waals surface area contributed by atoms with Crippen molar-refractivity contribution in [1.82, 2.24) is 9.80 Å². The fourth-order valence-electron chi connectivity index (χ4n) is 4.71. The van der Waals surface area contributed by atoms with Crippen LogP contribution in [-0.2, 0) is 16.0 Å². The Morgan fingerprint density at radius 2 is 1.74 bits per heavy atom. The Hall–Kier alpha value is -3.35. The van der Waals surface area contributed by atoms with Crippen LogP contribution < -0.4 is 9.64 Å². The van der Waals surface area contributed by atoms with Crippen molar-refractivity contribution in [3.63, 3.8) is 0 Å². The molecule has 1 saturated heterocycles. The van der Waals surface area contributed by atoms with Gasteiger partial charge in [-0.3, -0.25) is 14.4 Å². The molecule has 4 rings (SSSR count). The lowest BCUT2D eigenvalue weighted by molar-refractivity contribution is -0.127. The van der Waals surface area contributed by atoms with Gasteiger partial charge >= 0.3 is 0 Å². The quantitative estimate of drug-likeness (QED) is 0.589. The van der Waals surface area contributed by atoms with Gasteiger partial charge in [-0.2, -0.15) is 0 Å². The SMILES string of the molecule is CC(=O)N(C)CCCOc1ccc(C(=O)N2CCC(N3C(=O)CCc4ccccc43)CC2)cc1. The van der Waals surface area contributed by atoms with E-state index in [2.05, 4.69) is 6.07 Å². The summed E-state index contributed by atoms with van der Waals surface area (Å²) in [6, 6.07) is 15.5. The number of fused-ring (bicyclic) bond motifs is 1. The van der Waals surface area contributed by atoms with E-state index in [-0.39, 0.29) is 23.8 Å². The average Bonchev–Trinajstić information content (AvgIpc) is 2.86. The van der Waals surface area contributed by atoms with Crippen molar-refractivity contribution in [3.05, 3.63) is 59.7 Å². The molecule has 0 N–H and O–H groups in total. The summed E-state index contributed by atoms with van der Waals surface area (Å²) in [6.45, 7) is 3.98. The Morgan fingerprint density at radius 3 is 2.44 bits per heavy atom. The number of benzene rings is 2. The summed E-state index contributed by atoms with van der Waals surface area (Å²) in [5.41, 5.74) is 2.90. The highest BCUT2D eigenvalue weighted by Crippen LogP contribution is 2.32. The minimum absolute atomic E-state index is 0.0125. The van der Waals surface area contributed by atoms with Gasteiger partial charge in [-0.15, -0.1) is 0 Å². The monoisotopic (exact) mass is 463 g/mol. The minimum Gasteiger partial charge on any atom is -0.494 e. The Labute approximate surface area is 201 Å². The van der Waals surface area contributed by atoms with Crippen LogP contribution in [0.25, 0.3) is 0 Å². The summed E-state index contributed by atoms with van der Waals surface area (Å²) in [5.74, 6) is 0.952. The normalized spacial score (nSPS) is 16.2. The first kappa shape index (κ1) is 23.8. The van der Waals surface area contributed by atoms with Gasteiger partial charge in [-0.1, -0.05) is 18.2 Å². The predicted molar refractivity (Wildman–Crippen MR) is 131 cm³/mol. The van der Waals surface area contributed by atoms with Crippen LogP contribution in [0.4, 0.5) is 5.69 Å². The first-order valence-corrected chi connectivity index (χ1v) is 12.1. The number of hydrogen-bond donors (Lipinski definition) is 0.